The normalized spacial score (nSPS) is 22.5. The maximum Gasteiger partial charge on any atom is 0.239 e. The molecule has 2 N–H and O–H groups in total. The molecule has 1 unspecified atom stereocenters. The van der Waals surface area contributed by atoms with Gasteiger partial charge in [0.2, 0.25) is 5.91 Å². The van der Waals surface area contributed by atoms with E-state index in [9.17, 15) is 4.79 Å². The zero-order chi connectivity index (χ0) is 11.3. The van der Waals surface area contributed by atoms with Crippen molar-refractivity contribution in [2.24, 2.45) is 0 Å². The fourth-order valence-electron chi connectivity index (χ4n) is 1.51. The van der Waals surface area contributed by atoms with Crippen molar-refractivity contribution in [1.82, 2.24) is 10.6 Å². The summed E-state index contributed by atoms with van der Waals surface area (Å²) in [6, 6.07) is 0. The Hall–Kier alpha value is -0.220. The van der Waals surface area contributed by atoms with Crippen LogP contribution in [0, 0.1) is 0 Å². The van der Waals surface area contributed by atoms with Gasteiger partial charge in [-0.05, 0) is 39.5 Å². The minimum Gasteiger partial charge on any atom is -0.353 e. The highest BCUT2D eigenvalue weighted by atomic mass is 32.2. The molecule has 1 rings (SSSR count). The molecule has 1 aliphatic rings. The maximum atomic E-state index is 11.8. The molecule has 1 heterocycles. The highest BCUT2D eigenvalue weighted by Crippen LogP contribution is 2.24. The molecule has 0 aliphatic carbocycles. The van der Waals surface area contributed by atoms with E-state index in [4.69, 9.17) is 0 Å². The number of hydrogen-bond donors (Lipinski definition) is 2. The molecule has 1 fully saturated rings. The lowest BCUT2D eigenvalue weighted by molar-refractivity contribution is -0.126. The van der Waals surface area contributed by atoms with Gasteiger partial charge in [-0.15, -0.1) is 0 Å². The highest BCUT2D eigenvalue weighted by molar-refractivity contribution is 7.99. The molecular weight excluding hydrogens is 208 g/mol. The van der Waals surface area contributed by atoms with Crippen LogP contribution in [0.3, 0.4) is 0 Å². The summed E-state index contributed by atoms with van der Waals surface area (Å²) in [4.78, 5) is 11.8. The van der Waals surface area contributed by atoms with Crippen LogP contribution in [0.2, 0.25) is 0 Å². The van der Waals surface area contributed by atoms with E-state index in [-0.39, 0.29) is 5.91 Å². The second-order valence-corrected chi connectivity index (χ2v) is 5.98. The zero-order valence-electron chi connectivity index (χ0n) is 9.93. The predicted octanol–water partition coefficient (Wildman–Crippen LogP) is 1.39. The van der Waals surface area contributed by atoms with Crippen LogP contribution in [-0.4, -0.2) is 36.0 Å². The molecule has 0 radical (unpaired) electrons. The third-order valence-corrected chi connectivity index (χ3v) is 4.36. The summed E-state index contributed by atoms with van der Waals surface area (Å²) >= 11 is 1.99. The lowest BCUT2D eigenvalue weighted by Crippen LogP contribution is -2.52. The van der Waals surface area contributed by atoms with Gasteiger partial charge in [0.05, 0.1) is 5.54 Å². The van der Waals surface area contributed by atoms with Crippen LogP contribution in [0.15, 0.2) is 0 Å². The summed E-state index contributed by atoms with van der Waals surface area (Å²) in [6.45, 7) is 4.61. The van der Waals surface area contributed by atoms with Crippen LogP contribution >= 0.6 is 11.8 Å². The first-order chi connectivity index (χ1) is 7.06. The molecule has 0 saturated carbocycles. The van der Waals surface area contributed by atoms with Crippen LogP contribution in [0.1, 0.15) is 33.1 Å². The monoisotopic (exact) mass is 230 g/mol. The molecule has 4 heteroatoms. The molecule has 3 nitrogen and oxygen atoms in total. The average molecular weight is 230 g/mol. The van der Waals surface area contributed by atoms with Crippen molar-refractivity contribution in [1.29, 1.82) is 0 Å². The molecule has 0 aromatic carbocycles. The Bertz CT molecular complexity index is 213. The Kier molecular flexibility index (Phi) is 4.93. The van der Waals surface area contributed by atoms with Crippen LogP contribution < -0.4 is 10.6 Å². The van der Waals surface area contributed by atoms with E-state index in [2.05, 4.69) is 10.6 Å². The summed E-state index contributed by atoms with van der Waals surface area (Å²) in [5.41, 5.74) is -0.459. The van der Waals surface area contributed by atoms with Crippen molar-refractivity contribution < 1.29 is 4.79 Å². The number of likely N-dealkylation sites (N-methyl/N-ethyl adjacent to an activating group) is 1. The second-order valence-electron chi connectivity index (χ2n) is 4.57. The number of hydrogen-bond acceptors (Lipinski definition) is 3. The van der Waals surface area contributed by atoms with E-state index in [1.165, 1.54) is 25.0 Å². The van der Waals surface area contributed by atoms with Gasteiger partial charge in [-0.25, -0.2) is 0 Å². The second kappa shape index (κ2) is 5.75. The molecule has 0 bridgehead atoms. The topological polar surface area (TPSA) is 41.1 Å². The summed E-state index contributed by atoms with van der Waals surface area (Å²) in [5, 5.41) is 6.65. The Morgan fingerprint density at radius 2 is 2.20 bits per heavy atom. The van der Waals surface area contributed by atoms with E-state index in [1.54, 1.807) is 0 Å². The van der Waals surface area contributed by atoms with E-state index >= 15 is 0 Å². The van der Waals surface area contributed by atoms with Gasteiger partial charge in [0.1, 0.15) is 0 Å². The minimum atomic E-state index is -0.459. The first-order valence-electron chi connectivity index (χ1n) is 5.65. The van der Waals surface area contributed by atoms with Crippen molar-refractivity contribution in [3.05, 3.63) is 0 Å². The molecule has 1 amide bonds. The molecule has 1 saturated heterocycles. The van der Waals surface area contributed by atoms with E-state index in [0.29, 0.717) is 5.25 Å². The highest BCUT2D eigenvalue weighted by Gasteiger charge is 2.25. The standard InChI is InChI=1S/C11H22N2OS/c1-11(2,12-3)10(14)13-8-9-6-4-5-7-15-9/h9,12H,4-8H2,1-3H3,(H,13,14). The van der Waals surface area contributed by atoms with Crippen molar-refractivity contribution >= 4 is 17.7 Å². The third kappa shape index (κ3) is 4.03. The maximum absolute atomic E-state index is 11.8. The van der Waals surface area contributed by atoms with Gasteiger partial charge in [0.25, 0.3) is 0 Å². The first kappa shape index (κ1) is 12.8. The van der Waals surface area contributed by atoms with Gasteiger partial charge in [-0.1, -0.05) is 6.42 Å². The van der Waals surface area contributed by atoms with E-state index in [1.807, 2.05) is 32.7 Å². The fourth-order valence-corrected chi connectivity index (χ4v) is 2.75. The Morgan fingerprint density at radius 3 is 2.73 bits per heavy atom. The van der Waals surface area contributed by atoms with Crippen LogP contribution in [0.5, 0.6) is 0 Å². The lowest BCUT2D eigenvalue weighted by atomic mass is 10.1. The van der Waals surface area contributed by atoms with Gasteiger partial charge < -0.3 is 10.6 Å². The van der Waals surface area contributed by atoms with Crippen LogP contribution in [-0.2, 0) is 4.79 Å². The largest absolute Gasteiger partial charge is 0.353 e. The predicted molar refractivity (Wildman–Crippen MR) is 66.2 cm³/mol. The van der Waals surface area contributed by atoms with E-state index in [0.717, 1.165) is 6.54 Å². The molecule has 88 valence electrons. The van der Waals surface area contributed by atoms with Gasteiger partial charge >= 0.3 is 0 Å². The van der Waals surface area contributed by atoms with Crippen LogP contribution in [0.4, 0.5) is 0 Å². The summed E-state index contributed by atoms with van der Waals surface area (Å²) < 4.78 is 0. The SMILES string of the molecule is CNC(C)(C)C(=O)NCC1CCCCS1. The number of carbonyl (C=O) groups excluding carboxylic acids is 1. The Labute approximate surface area is 96.8 Å². The Morgan fingerprint density at radius 1 is 1.47 bits per heavy atom. The lowest BCUT2D eigenvalue weighted by Gasteiger charge is -2.26. The number of nitrogens with one attached hydrogen (secondary N) is 2. The molecule has 0 aromatic heterocycles. The summed E-state index contributed by atoms with van der Waals surface area (Å²) in [7, 11) is 1.81. The molecule has 15 heavy (non-hydrogen) atoms. The van der Waals surface area contributed by atoms with Gasteiger partial charge in [-0.3, -0.25) is 4.79 Å². The van der Waals surface area contributed by atoms with Gasteiger partial charge in [-0.2, -0.15) is 11.8 Å². The molecular formula is C11H22N2OS. The van der Waals surface area contributed by atoms with Crippen LogP contribution in [0.25, 0.3) is 0 Å². The number of rotatable bonds is 4. The number of thioether (sulfide) groups is 1. The van der Waals surface area contributed by atoms with Crippen molar-refractivity contribution in [2.75, 3.05) is 19.3 Å². The minimum absolute atomic E-state index is 0.0937. The smallest absolute Gasteiger partial charge is 0.239 e. The quantitative estimate of drug-likeness (QED) is 0.767. The fraction of sp³-hybridized carbons (Fsp3) is 0.909. The first-order valence-corrected chi connectivity index (χ1v) is 6.70. The van der Waals surface area contributed by atoms with Crippen molar-refractivity contribution in [3.8, 4) is 0 Å². The number of amides is 1. The van der Waals surface area contributed by atoms with Crippen molar-refractivity contribution in [3.63, 3.8) is 0 Å². The summed E-state index contributed by atoms with van der Waals surface area (Å²) in [6.07, 6.45) is 3.88. The molecule has 1 atom stereocenters. The molecule has 0 spiro atoms. The van der Waals surface area contributed by atoms with Gasteiger partial charge in [0.15, 0.2) is 0 Å². The van der Waals surface area contributed by atoms with Crippen molar-refractivity contribution in [2.45, 2.75) is 43.9 Å². The number of carbonyl (C=O) groups is 1. The van der Waals surface area contributed by atoms with E-state index < -0.39 is 5.54 Å². The molecule has 0 aromatic rings. The molecule has 1 aliphatic heterocycles. The zero-order valence-corrected chi connectivity index (χ0v) is 10.7. The summed E-state index contributed by atoms with van der Waals surface area (Å²) in [5.74, 6) is 1.34. The van der Waals surface area contributed by atoms with Gasteiger partial charge in [0, 0.05) is 11.8 Å². The Balaban J connectivity index is 2.26. The average Bonchev–Trinajstić information content (AvgIpc) is 2.27. The third-order valence-electron chi connectivity index (χ3n) is 2.96.